The Morgan fingerprint density at radius 1 is 1.36 bits per heavy atom. The molecule has 0 saturated heterocycles. The summed E-state index contributed by atoms with van der Waals surface area (Å²) < 4.78 is 0. The molecule has 0 heterocycles. The summed E-state index contributed by atoms with van der Waals surface area (Å²) in [5.74, 6) is 0. The van der Waals surface area contributed by atoms with Gasteiger partial charge in [0.15, 0.2) is 0 Å². The van der Waals surface area contributed by atoms with Gasteiger partial charge in [0, 0.05) is 12.6 Å². The number of carbonyl (C=O) groups is 1. The van der Waals surface area contributed by atoms with Crippen LogP contribution in [-0.4, -0.2) is 23.9 Å². The summed E-state index contributed by atoms with van der Waals surface area (Å²) >= 11 is 0. The number of hydrogen-bond acceptors (Lipinski definition) is 1. The highest BCUT2D eigenvalue weighted by Gasteiger charge is 2.10. The fourth-order valence-electron chi connectivity index (χ4n) is 1.36. The van der Waals surface area contributed by atoms with Gasteiger partial charge in [-0.25, -0.2) is 0 Å². The predicted molar refractivity (Wildman–Crippen MR) is 47.4 cm³/mol. The lowest BCUT2D eigenvalue weighted by molar-refractivity contribution is -0.120. The summed E-state index contributed by atoms with van der Waals surface area (Å²) in [6.07, 6.45) is 4.32. The molecular weight excluding hydrogens is 138 g/mol. The summed E-state index contributed by atoms with van der Waals surface area (Å²) in [5, 5.41) is 0. The molecule has 2 nitrogen and oxygen atoms in total. The Kier molecular flexibility index (Phi) is 5.90. The molecule has 0 radical (unpaired) electrons. The van der Waals surface area contributed by atoms with E-state index in [1.54, 1.807) is 0 Å². The highest BCUT2D eigenvalue weighted by atomic mass is 16.1. The predicted octanol–water partition coefficient (Wildman–Crippen LogP) is 2.04. The minimum atomic E-state index is 0.461. The lowest BCUT2D eigenvalue weighted by Gasteiger charge is -2.25. The Bertz CT molecular complexity index is 104. The first kappa shape index (κ1) is 10.5. The number of nitrogens with zero attached hydrogens (tertiary/aromatic N) is 1. The maximum absolute atomic E-state index is 10.5. The normalized spacial score (nSPS) is 12.6. The zero-order valence-electron chi connectivity index (χ0n) is 7.84. The van der Waals surface area contributed by atoms with Crippen LogP contribution in [0.2, 0.25) is 0 Å². The molecule has 1 unspecified atom stereocenters. The minimum absolute atomic E-state index is 0.461. The molecule has 0 aliphatic carbocycles. The molecule has 0 aromatic heterocycles. The van der Waals surface area contributed by atoms with Crippen LogP contribution >= 0.6 is 0 Å². The molecule has 1 amide bonds. The van der Waals surface area contributed by atoms with Gasteiger partial charge in [0.2, 0.25) is 6.41 Å². The standard InChI is InChI=1S/C9H19NO/c1-4-7-9(5-2)10(6-3)8-11/h8-9H,4-7H2,1-3H3. The maximum atomic E-state index is 10.5. The molecule has 0 aliphatic heterocycles. The smallest absolute Gasteiger partial charge is 0.209 e. The molecule has 0 spiro atoms. The molecule has 11 heavy (non-hydrogen) atoms. The van der Waals surface area contributed by atoms with Crippen molar-refractivity contribution in [1.82, 2.24) is 4.90 Å². The SMILES string of the molecule is CCCC(CC)N(C=O)CC. The molecule has 0 aromatic carbocycles. The Balaban J connectivity index is 3.86. The highest BCUT2D eigenvalue weighted by molar-refractivity contribution is 5.47. The van der Waals surface area contributed by atoms with E-state index in [-0.39, 0.29) is 0 Å². The van der Waals surface area contributed by atoms with Gasteiger partial charge >= 0.3 is 0 Å². The molecular formula is C9H19NO. The molecule has 0 bridgehead atoms. The molecule has 1 atom stereocenters. The van der Waals surface area contributed by atoms with E-state index in [0.29, 0.717) is 6.04 Å². The average Bonchev–Trinajstić information content (AvgIpc) is 2.05. The monoisotopic (exact) mass is 157 g/mol. The van der Waals surface area contributed by atoms with E-state index in [0.717, 1.165) is 32.2 Å². The lowest BCUT2D eigenvalue weighted by atomic mass is 10.1. The van der Waals surface area contributed by atoms with Gasteiger partial charge in [0.05, 0.1) is 0 Å². The van der Waals surface area contributed by atoms with Crippen LogP contribution < -0.4 is 0 Å². The van der Waals surface area contributed by atoms with Crippen molar-refractivity contribution in [2.24, 2.45) is 0 Å². The van der Waals surface area contributed by atoms with Crippen molar-refractivity contribution >= 4 is 6.41 Å². The molecule has 0 aliphatic rings. The topological polar surface area (TPSA) is 20.3 Å². The second-order valence-electron chi connectivity index (χ2n) is 2.79. The van der Waals surface area contributed by atoms with Gasteiger partial charge in [-0.15, -0.1) is 0 Å². The Labute approximate surface area is 69.6 Å². The van der Waals surface area contributed by atoms with E-state index < -0.39 is 0 Å². The van der Waals surface area contributed by atoms with E-state index in [1.807, 2.05) is 11.8 Å². The van der Waals surface area contributed by atoms with E-state index in [9.17, 15) is 4.79 Å². The summed E-state index contributed by atoms with van der Waals surface area (Å²) in [5.41, 5.74) is 0. The first-order chi connectivity index (χ1) is 5.29. The van der Waals surface area contributed by atoms with E-state index in [2.05, 4.69) is 13.8 Å². The van der Waals surface area contributed by atoms with Crippen LogP contribution in [0.1, 0.15) is 40.0 Å². The first-order valence-electron chi connectivity index (χ1n) is 4.51. The Morgan fingerprint density at radius 2 is 2.00 bits per heavy atom. The van der Waals surface area contributed by atoms with Gasteiger partial charge in [0.25, 0.3) is 0 Å². The Morgan fingerprint density at radius 3 is 2.27 bits per heavy atom. The van der Waals surface area contributed by atoms with Crippen LogP contribution in [-0.2, 0) is 4.79 Å². The number of hydrogen-bond donors (Lipinski definition) is 0. The molecule has 2 heteroatoms. The van der Waals surface area contributed by atoms with Crippen LogP contribution in [0.25, 0.3) is 0 Å². The second-order valence-corrected chi connectivity index (χ2v) is 2.79. The molecule has 0 saturated carbocycles. The highest BCUT2D eigenvalue weighted by Crippen LogP contribution is 2.08. The summed E-state index contributed by atoms with van der Waals surface area (Å²) in [4.78, 5) is 12.4. The van der Waals surface area contributed by atoms with Crippen molar-refractivity contribution in [3.05, 3.63) is 0 Å². The van der Waals surface area contributed by atoms with E-state index in [4.69, 9.17) is 0 Å². The zero-order valence-corrected chi connectivity index (χ0v) is 7.84. The van der Waals surface area contributed by atoms with Gasteiger partial charge in [-0.3, -0.25) is 4.79 Å². The van der Waals surface area contributed by atoms with Crippen LogP contribution in [0.15, 0.2) is 0 Å². The fourth-order valence-corrected chi connectivity index (χ4v) is 1.36. The van der Waals surface area contributed by atoms with Crippen molar-refractivity contribution in [2.75, 3.05) is 6.54 Å². The molecule has 0 fully saturated rings. The summed E-state index contributed by atoms with van der Waals surface area (Å²) in [6, 6.07) is 0.461. The van der Waals surface area contributed by atoms with Crippen molar-refractivity contribution in [3.8, 4) is 0 Å². The number of amides is 1. The quantitative estimate of drug-likeness (QED) is 0.540. The van der Waals surface area contributed by atoms with Crippen LogP contribution in [0.4, 0.5) is 0 Å². The fraction of sp³-hybridized carbons (Fsp3) is 0.889. The summed E-state index contributed by atoms with van der Waals surface area (Å²) in [6.45, 7) is 7.14. The molecule has 66 valence electrons. The van der Waals surface area contributed by atoms with Crippen molar-refractivity contribution < 1.29 is 4.79 Å². The first-order valence-corrected chi connectivity index (χ1v) is 4.51. The van der Waals surface area contributed by atoms with Crippen LogP contribution in [0.3, 0.4) is 0 Å². The largest absolute Gasteiger partial charge is 0.343 e. The van der Waals surface area contributed by atoms with Gasteiger partial charge in [0.1, 0.15) is 0 Å². The van der Waals surface area contributed by atoms with E-state index >= 15 is 0 Å². The van der Waals surface area contributed by atoms with Crippen LogP contribution in [0, 0.1) is 0 Å². The molecule has 0 N–H and O–H groups in total. The molecule has 0 aromatic rings. The second kappa shape index (κ2) is 6.20. The zero-order chi connectivity index (χ0) is 8.69. The van der Waals surface area contributed by atoms with Gasteiger partial charge in [-0.2, -0.15) is 0 Å². The molecule has 0 rings (SSSR count). The van der Waals surface area contributed by atoms with Crippen molar-refractivity contribution in [2.45, 2.75) is 46.1 Å². The Hall–Kier alpha value is -0.530. The van der Waals surface area contributed by atoms with Gasteiger partial charge in [-0.1, -0.05) is 20.3 Å². The number of carbonyl (C=O) groups excluding carboxylic acids is 1. The van der Waals surface area contributed by atoms with Gasteiger partial charge < -0.3 is 4.90 Å². The third kappa shape index (κ3) is 3.40. The minimum Gasteiger partial charge on any atom is -0.343 e. The third-order valence-corrected chi connectivity index (χ3v) is 2.06. The third-order valence-electron chi connectivity index (χ3n) is 2.06. The van der Waals surface area contributed by atoms with Gasteiger partial charge in [-0.05, 0) is 19.8 Å². The van der Waals surface area contributed by atoms with Crippen molar-refractivity contribution in [3.63, 3.8) is 0 Å². The average molecular weight is 157 g/mol. The lowest BCUT2D eigenvalue weighted by Crippen LogP contribution is -2.33. The maximum Gasteiger partial charge on any atom is 0.209 e. The van der Waals surface area contributed by atoms with Crippen LogP contribution in [0.5, 0.6) is 0 Å². The van der Waals surface area contributed by atoms with E-state index in [1.165, 1.54) is 0 Å². The number of rotatable bonds is 6. The summed E-state index contributed by atoms with van der Waals surface area (Å²) in [7, 11) is 0. The van der Waals surface area contributed by atoms with Crippen molar-refractivity contribution in [1.29, 1.82) is 0 Å².